The zero-order valence-electron chi connectivity index (χ0n) is 23.5. The Labute approximate surface area is 239 Å². The number of aromatic nitrogens is 4. The number of thioether (sulfide) groups is 1. The van der Waals surface area contributed by atoms with E-state index in [9.17, 15) is 4.79 Å². The van der Waals surface area contributed by atoms with E-state index in [1.54, 1.807) is 18.7 Å². The lowest BCUT2D eigenvalue weighted by Gasteiger charge is -2.30. The van der Waals surface area contributed by atoms with E-state index >= 15 is 0 Å². The quantitative estimate of drug-likeness (QED) is 0.319. The third-order valence-electron chi connectivity index (χ3n) is 6.82. The number of hydrogen-bond donors (Lipinski definition) is 0. The van der Waals surface area contributed by atoms with Gasteiger partial charge in [0.1, 0.15) is 24.0 Å². The summed E-state index contributed by atoms with van der Waals surface area (Å²) < 4.78 is 18.1. The number of carbonyl (C=O) groups excluding carboxylic acids is 1. The Morgan fingerprint density at radius 2 is 2.02 bits per heavy atom. The van der Waals surface area contributed by atoms with Gasteiger partial charge in [-0.2, -0.15) is 4.98 Å². The second-order valence-electron chi connectivity index (χ2n) is 10.5. The molecule has 2 aromatic heterocycles. The molecule has 0 amide bonds. The lowest BCUT2D eigenvalue weighted by atomic mass is 10.1. The standard InChI is InChI=1S/C29H36N6O4S/c1-5-25-27(37-22-9-11-35(12-10-22)29-32-26(19(2)3)33-39-29)30-17-31-28(25)38-23-8-6-7-21(13-23)14-24-16-34(18-40-24)15-20(4)36/h6-8,13-14,17,19,22H,5,9-12,15-16,18H2,1-4H3/b24-14-. The van der Waals surface area contributed by atoms with Gasteiger partial charge in [-0.05, 0) is 37.1 Å². The highest BCUT2D eigenvalue weighted by atomic mass is 32.2. The molecule has 0 unspecified atom stereocenters. The third-order valence-corrected chi connectivity index (χ3v) is 7.93. The molecule has 0 aliphatic carbocycles. The molecule has 0 spiro atoms. The first-order chi connectivity index (χ1) is 19.4. The minimum Gasteiger partial charge on any atom is -0.474 e. The van der Waals surface area contributed by atoms with Crippen LogP contribution in [0.1, 0.15) is 63.4 Å². The summed E-state index contributed by atoms with van der Waals surface area (Å²) in [5.74, 6) is 3.75. The van der Waals surface area contributed by atoms with Crippen molar-refractivity contribution < 1.29 is 18.8 Å². The monoisotopic (exact) mass is 564 g/mol. The van der Waals surface area contributed by atoms with Gasteiger partial charge in [0.05, 0.1) is 12.1 Å². The summed E-state index contributed by atoms with van der Waals surface area (Å²) in [6, 6.07) is 8.52. The van der Waals surface area contributed by atoms with Crippen LogP contribution < -0.4 is 14.4 Å². The van der Waals surface area contributed by atoms with Gasteiger partial charge in [0, 0.05) is 49.2 Å². The number of piperidine rings is 1. The minimum atomic E-state index is 0.0261. The highest BCUT2D eigenvalue weighted by Crippen LogP contribution is 2.33. The predicted octanol–water partition coefficient (Wildman–Crippen LogP) is 5.32. The van der Waals surface area contributed by atoms with Crippen molar-refractivity contribution in [3.05, 3.63) is 52.4 Å². The average molecular weight is 565 g/mol. The summed E-state index contributed by atoms with van der Waals surface area (Å²) >= 11 is 1.76. The fraction of sp³-hybridized carbons (Fsp3) is 0.483. The molecule has 0 N–H and O–H groups in total. The fourth-order valence-electron chi connectivity index (χ4n) is 4.74. The molecule has 10 nitrogen and oxygen atoms in total. The Morgan fingerprint density at radius 1 is 1.23 bits per heavy atom. The van der Waals surface area contributed by atoms with Crippen molar-refractivity contribution in [2.45, 2.75) is 59.0 Å². The largest absolute Gasteiger partial charge is 0.474 e. The summed E-state index contributed by atoms with van der Waals surface area (Å²) in [5.41, 5.74) is 1.89. The lowest BCUT2D eigenvalue weighted by Crippen LogP contribution is -2.38. The van der Waals surface area contributed by atoms with Crippen molar-refractivity contribution in [2.75, 3.05) is 37.0 Å². The van der Waals surface area contributed by atoms with Gasteiger partial charge in [0.15, 0.2) is 5.82 Å². The minimum absolute atomic E-state index is 0.0261. The van der Waals surface area contributed by atoms with Gasteiger partial charge >= 0.3 is 6.01 Å². The van der Waals surface area contributed by atoms with Gasteiger partial charge in [-0.3, -0.25) is 9.69 Å². The van der Waals surface area contributed by atoms with Crippen LogP contribution in [0.4, 0.5) is 6.01 Å². The summed E-state index contributed by atoms with van der Waals surface area (Å²) in [6.07, 6.45) is 5.99. The molecule has 2 aliphatic heterocycles. The average Bonchev–Trinajstić information content (AvgIpc) is 3.59. The Morgan fingerprint density at radius 3 is 2.75 bits per heavy atom. The SMILES string of the molecule is CCc1c(Oc2cccc(/C=C3/CN(CC(C)=O)CS3)c2)ncnc1OC1CCN(c2nc(C(C)C)no2)CC1. The van der Waals surface area contributed by atoms with Crippen molar-refractivity contribution in [1.29, 1.82) is 0 Å². The molecular weight excluding hydrogens is 528 g/mol. The summed E-state index contributed by atoms with van der Waals surface area (Å²) in [6.45, 7) is 10.6. The maximum absolute atomic E-state index is 11.4. The second-order valence-corrected chi connectivity index (χ2v) is 11.5. The molecule has 3 aromatic rings. The Kier molecular flexibility index (Phi) is 9.01. The Balaban J connectivity index is 1.22. The molecule has 0 radical (unpaired) electrons. The zero-order valence-corrected chi connectivity index (χ0v) is 24.3. The molecule has 0 saturated carbocycles. The lowest BCUT2D eigenvalue weighted by molar-refractivity contribution is -0.117. The first kappa shape index (κ1) is 28.1. The highest BCUT2D eigenvalue weighted by molar-refractivity contribution is 8.03. The van der Waals surface area contributed by atoms with Crippen LogP contribution in [0.25, 0.3) is 6.08 Å². The number of Topliss-reactive ketones (excluding diaryl/α,β-unsaturated/α-hetero) is 1. The number of nitrogens with zero attached hydrogens (tertiary/aromatic N) is 6. The van der Waals surface area contributed by atoms with E-state index in [4.69, 9.17) is 14.0 Å². The molecule has 2 fully saturated rings. The van der Waals surface area contributed by atoms with Crippen molar-refractivity contribution in [2.24, 2.45) is 0 Å². The van der Waals surface area contributed by atoms with Crippen molar-refractivity contribution in [3.8, 4) is 17.5 Å². The normalized spacial score (nSPS) is 17.6. The van der Waals surface area contributed by atoms with Gasteiger partial charge in [-0.25, -0.2) is 9.97 Å². The van der Waals surface area contributed by atoms with E-state index in [0.717, 1.165) is 55.3 Å². The summed E-state index contributed by atoms with van der Waals surface area (Å²) in [4.78, 5) is 30.3. The van der Waals surface area contributed by atoms with Gasteiger partial charge in [-0.15, -0.1) is 11.8 Å². The Bertz CT molecular complexity index is 1350. The van der Waals surface area contributed by atoms with Crippen molar-refractivity contribution in [3.63, 3.8) is 0 Å². The van der Waals surface area contributed by atoms with Crippen LogP contribution in [0.2, 0.25) is 0 Å². The third kappa shape index (κ3) is 7.00. The molecule has 0 atom stereocenters. The molecule has 40 heavy (non-hydrogen) atoms. The summed E-state index contributed by atoms with van der Waals surface area (Å²) in [7, 11) is 0. The number of ether oxygens (including phenoxy) is 2. The molecule has 4 heterocycles. The zero-order chi connectivity index (χ0) is 28.1. The van der Waals surface area contributed by atoms with Crippen LogP contribution in [0.3, 0.4) is 0 Å². The number of anilines is 1. The van der Waals surface area contributed by atoms with Crippen LogP contribution in [0, 0.1) is 0 Å². The number of hydrogen-bond acceptors (Lipinski definition) is 11. The van der Waals surface area contributed by atoms with Gasteiger partial charge in [-0.1, -0.05) is 38.1 Å². The topological polar surface area (TPSA) is 107 Å². The van der Waals surface area contributed by atoms with E-state index in [1.165, 1.54) is 11.2 Å². The predicted molar refractivity (Wildman–Crippen MR) is 155 cm³/mol. The van der Waals surface area contributed by atoms with Crippen LogP contribution >= 0.6 is 11.8 Å². The van der Waals surface area contributed by atoms with E-state index < -0.39 is 0 Å². The smallest absolute Gasteiger partial charge is 0.324 e. The van der Waals surface area contributed by atoms with Crippen LogP contribution in [-0.4, -0.2) is 69.0 Å². The first-order valence-electron chi connectivity index (χ1n) is 13.8. The summed E-state index contributed by atoms with van der Waals surface area (Å²) in [5, 5.41) is 4.08. The van der Waals surface area contributed by atoms with E-state index in [-0.39, 0.29) is 17.8 Å². The number of rotatable bonds is 10. The molecule has 1 aromatic carbocycles. The van der Waals surface area contributed by atoms with Gasteiger partial charge in [0.2, 0.25) is 11.8 Å². The number of carbonyl (C=O) groups is 1. The molecule has 0 bridgehead atoms. The molecule has 2 aliphatic rings. The molecular formula is C29H36N6O4S. The van der Waals surface area contributed by atoms with Gasteiger partial charge < -0.3 is 18.9 Å². The van der Waals surface area contributed by atoms with Crippen molar-refractivity contribution in [1.82, 2.24) is 25.0 Å². The number of benzene rings is 1. The number of ketones is 1. The second kappa shape index (κ2) is 12.8. The van der Waals surface area contributed by atoms with Crippen LogP contribution in [0.15, 0.2) is 40.0 Å². The van der Waals surface area contributed by atoms with Gasteiger partial charge in [0.25, 0.3) is 0 Å². The first-order valence-corrected chi connectivity index (χ1v) is 14.8. The molecule has 11 heteroatoms. The van der Waals surface area contributed by atoms with Crippen LogP contribution in [0.5, 0.6) is 17.5 Å². The van der Waals surface area contributed by atoms with E-state index in [0.29, 0.717) is 36.5 Å². The molecule has 212 valence electrons. The van der Waals surface area contributed by atoms with Crippen LogP contribution in [-0.2, 0) is 11.2 Å². The van der Waals surface area contributed by atoms with E-state index in [1.807, 2.05) is 31.2 Å². The maximum Gasteiger partial charge on any atom is 0.324 e. The van der Waals surface area contributed by atoms with E-state index in [2.05, 4.69) is 49.8 Å². The highest BCUT2D eigenvalue weighted by Gasteiger charge is 2.26. The molecule has 2 saturated heterocycles. The fourth-order valence-corrected chi connectivity index (χ4v) is 5.76. The van der Waals surface area contributed by atoms with Crippen molar-refractivity contribution >= 4 is 29.6 Å². The Hall–Kier alpha value is -3.44. The maximum atomic E-state index is 11.4. The molecule has 5 rings (SSSR count).